The van der Waals surface area contributed by atoms with Crippen molar-refractivity contribution in [3.8, 4) is 22.6 Å². The van der Waals surface area contributed by atoms with E-state index in [4.69, 9.17) is 9.15 Å². The maximum atomic E-state index is 13.1. The number of nitrogens with one attached hydrogen (secondary N) is 1. The highest BCUT2D eigenvalue weighted by molar-refractivity contribution is 5.88. The Morgan fingerprint density at radius 2 is 1.78 bits per heavy atom. The van der Waals surface area contributed by atoms with Crippen LogP contribution in [0.1, 0.15) is 36.0 Å². The molecule has 1 atom stereocenters. The smallest absolute Gasteiger partial charge is 0.416 e. The normalized spacial score (nSPS) is 15.8. The molecule has 5 rings (SSSR count). The van der Waals surface area contributed by atoms with Crippen molar-refractivity contribution in [2.24, 2.45) is 0 Å². The first-order valence-corrected chi connectivity index (χ1v) is 12.2. The molecule has 1 aromatic heterocycles. The Kier molecular flexibility index (Phi) is 6.93. The van der Waals surface area contributed by atoms with Gasteiger partial charge in [-0.1, -0.05) is 24.3 Å². The number of hydrogen-bond acceptors (Lipinski definition) is 5. The van der Waals surface area contributed by atoms with Crippen LogP contribution in [0.15, 0.2) is 75.9 Å². The molecular formula is C29H26F3NO4. The minimum absolute atomic E-state index is 0.0572. The molecule has 4 aromatic rings. The van der Waals surface area contributed by atoms with Gasteiger partial charge in [0.1, 0.15) is 17.1 Å². The van der Waals surface area contributed by atoms with Gasteiger partial charge in [-0.15, -0.1) is 0 Å². The molecule has 1 saturated heterocycles. The van der Waals surface area contributed by atoms with E-state index in [-0.39, 0.29) is 16.9 Å². The first-order chi connectivity index (χ1) is 17.8. The minimum Gasteiger partial charge on any atom is -0.508 e. The molecule has 192 valence electrons. The SMILES string of the molecule is O=c1oc2cc(O)ccc2c(Cc2ccc(OCCC3CCCN3)cc2)c1-c1ccc(C(F)(F)F)cc1. The van der Waals surface area contributed by atoms with Crippen molar-refractivity contribution in [1.29, 1.82) is 0 Å². The number of benzene rings is 3. The standard InChI is InChI=1S/C29H26F3NO4/c30-29(31,32)20-7-5-19(6-8-20)27-25(24-12-9-22(34)17-26(24)37-28(27)35)16-18-3-10-23(11-4-18)36-15-13-21-2-1-14-33-21/h3-12,17,21,33-34H,1-2,13-16H2. The van der Waals surface area contributed by atoms with E-state index < -0.39 is 17.4 Å². The van der Waals surface area contributed by atoms with Crippen LogP contribution >= 0.6 is 0 Å². The highest BCUT2D eigenvalue weighted by Crippen LogP contribution is 2.34. The zero-order chi connectivity index (χ0) is 26.0. The molecule has 0 bridgehead atoms. The summed E-state index contributed by atoms with van der Waals surface area (Å²) < 4.78 is 50.6. The summed E-state index contributed by atoms with van der Waals surface area (Å²) in [7, 11) is 0. The first kappa shape index (κ1) is 24.9. The fourth-order valence-corrected chi connectivity index (χ4v) is 4.78. The van der Waals surface area contributed by atoms with Crippen LogP contribution in [0.3, 0.4) is 0 Å². The second-order valence-corrected chi connectivity index (χ2v) is 9.25. The molecule has 0 spiro atoms. The average molecular weight is 510 g/mol. The van der Waals surface area contributed by atoms with Crippen molar-refractivity contribution in [3.63, 3.8) is 0 Å². The zero-order valence-electron chi connectivity index (χ0n) is 20.0. The maximum absolute atomic E-state index is 13.1. The summed E-state index contributed by atoms with van der Waals surface area (Å²) in [6, 6.07) is 17.0. The molecule has 8 heteroatoms. The highest BCUT2D eigenvalue weighted by atomic mass is 19.4. The Morgan fingerprint density at radius 1 is 1.03 bits per heavy atom. The fourth-order valence-electron chi connectivity index (χ4n) is 4.78. The Hall–Kier alpha value is -3.78. The molecule has 0 aliphatic carbocycles. The lowest BCUT2D eigenvalue weighted by Gasteiger charge is -2.14. The molecule has 1 aliphatic heterocycles. The summed E-state index contributed by atoms with van der Waals surface area (Å²) in [5.41, 5.74) is 0.727. The first-order valence-electron chi connectivity index (χ1n) is 12.2. The highest BCUT2D eigenvalue weighted by Gasteiger charge is 2.30. The number of hydrogen-bond donors (Lipinski definition) is 2. The molecule has 1 unspecified atom stereocenters. The van der Waals surface area contributed by atoms with Gasteiger partial charge in [-0.05, 0) is 85.3 Å². The predicted octanol–water partition coefficient (Wildman–Crippen LogP) is 6.30. The third kappa shape index (κ3) is 5.64. The minimum atomic E-state index is -4.48. The third-order valence-electron chi connectivity index (χ3n) is 6.70. The lowest BCUT2D eigenvalue weighted by molar-refractivity contribution is -0.137. The fraction of sp³-hybridized carbons (Fsp3) is 0.276. The molecule has 0 saturated carbocycles. The van der Waals surface area contributed by atoms with Gasteiger partial charge in [-0.2, -0.15) is 13.2 Å². The van der Waals surface area contributed by atoms with E-state index >= 15 is 0 Å². The lowest BCUT2D eigenvalue weighted by Crippen LogP contribution is -2.23. The summed E-state index contributed by atoms with van der Waals surface area (Å²) in [4.78, 5) is 13.0. The summed E-state index contributed by atoms with van der Waals surface area (Å²) in [5.74, 6) is 0.685. The van der Waals surface area contributed by atoms with Crippen molar-refractivity contribution >= 4 is 11.0 Å². The molecule has 2 heterocycles. The number of alkyl halides is 3. The van der Waals surface area contributed by atoms with Crippen LogP contribution < -0.4 is 15.7 Å². The number of phenols is 1. The molecule has 1 fully saturated rings. The number of ether oxygens (including phenoxy) is 1. The van der Waals surface area contributed by atoms with E-state index in [1.807, 2.05) is 24.3 Å². The van der Waals surface area contributed by atoms with E-state index in [1.54, 1.807) is 6.07 Å². The number of aromatic hydroxyl groups is 1. The molecule has 2 N–H and O–H groups in total. The van der Waals surface area contributed by atoms with Crippen molar-refractivity contribution < 1.29 is 27.4 Å². The van der Waals surface area contributed by atoms with Gasteiger partial charge in [-0.3, -0.25) is 0 Å². The van der Waals surface area contributed by atoms with Crippen LogP contribution in [0.4, 0.5) is 13.2 Å². The summed E-state index contributed by atoms with van der Waals surface area (Å²) >= 11 is 0. The van der Waals surface area contributed by atoms with E-state index in [1.165, 1.54) is 37.1 Å². The topological polar surface area (TPSA) is 71.7 Å². The van der Waals surface area contributed by atoms with Crippen LogP contribution in [0.25, 0.3) is 22.1 Å². The largest absolute Gasteiger partial charge is 0.508 e. The molecule has 37 heavy (non-hydrogen) atoms. The second-order valence-electron chi connectivity index (χ2n) is 9.25. The molecule has 1 aliphatic rings. The van der Waals surface area contributed by atoms with Gasteiger partial charge in [0.15, 0.2) is 0 Å². The molecular weight excluding hydrogens is 483 g/mol. The lowest BCUT2D eigenvalue weighted by atomic mass is 9.93. The quantitative estimate of drug-likeness (QED) is 0.286. The van der Waals surface area contributed by atoms with Crippen LogP contribution in [0.2, 0.25) is 0 Å². The Morgan fingerprint density at radius 3 is 2.46 bits per heavy atom. The van der Waals surface area contributed by atoms with Gasteiger partial charge < -0.3 is 19.6 Å². The number of phenolic OH excluding ortho intramolecular Hbond substituents is 1. The third-order valence-corrected chi connectivity index (χ3v) is 6.70. The average Bonchev–Trinajstić information content (AvgIpc) is 3.38. The molecule has 3 aromatic carbocycles. The number of halogens is 3. The van der Waals surface area contributed by atoms with Crippen molar-refractivity contribution in [2.75, 3.05) is 13.2 Å². The number of fused-ring (bicyclic) bond motifs is 1. The van der Waals surface area contributed by atoms with Gasteiger partial charge in [0.05, 0.1) is 17.7 Å². The second kappa shape index (κ2) is 10.3. The summed E-state index contributed by atoms with van der Waals surface area (Å²) in [5, 5.41) is 13.9. The Balaban J connectivity index is 1.45. The van der Waals surface area contributed by atoms with E-state index in [0.717, 1.165) is 36.4 Å². The maximum Gasteiger partial charge on any atom is 0.416 e. The molecule has 0 amide bonds. The predicted molar refractivity (Wildman–Crippen MR) is 135 cm³/mol. The van der Waals surface area contributed by atoms with Crippen molar-refractivity contribution in [1.82, 2.24) is 5.32 Å². The van der Waals surface area contributed by atoms with Crippen LogP contribution in [-0.2, 0) is 12.6 Å². The van der Waals surface area contributed by atoms with Gasteiger partial charge in [0, 0.05) is 17.5 Å². The zero-order valence-corrected chi connectivity index (χ0v) is 20.0. The van der Waals surface area contributed by atoms with E-state index in [9.17, 15) is 23.1 Å². The Labute approximate surface area is 211 Å². The monoisotopic (exact) mass is 509 g/mol. The van der Waals surface area contributed by atoms with Crippen molar-refractivity contribution in [2.45, 2.75) is 37.9 Å². The summed E-state index contributed by atoms with van der Waals surface area (Å²) in [6.45, 7) is 1.67. The van der Waals surface area contributed by atoms with Crippen LogP contribution in [-0.4, -0.2) is 24.3 Å². The van der Waals surface area contributed by atoms with Gasteiger partial charge in [0.2, 0.25) is 0 Å². The summed E-state index contributed by atoms with van der Waals surface area (Å²) in [6.07, 6.45) is -0.850. The van der Waals surface area contributed by atoms with Gasteiger partial charge in [-0.25, -0.2) is 4.79 Å². The van der Waals surface area contributed by atoms with E-state index in [2.05, 4.69) is 5.32 Å². The Bertz CT molecular complexity index is 1440. The van der Waals surface area contributed by atoms with Crippen LogP contribution in [0, 0.1) is 0 Å². The van der Waals surface area contributed by atoms with Gasteiger partial charge in [0.25, 0.3) is 0 Å². The number of rotatable bonds is 7. The van der Waals surface area contributed by atoms with E-state index in [0.29, 0.717) is 35.6 Å². The molecule has 5 nitrogen and oxygen atoms in total. The van der Waals surface area contributed by atoms with Crippen molar-refractivity contribution in [3.05, 3.63) is 93.8 Å². The molecule has 0 radical (unpaired) electrons. The van der Waals surface area contributed by atoms with Gasteiger partial charge >= 0.3 is 11.8 Å². The van der Waals surface area contributed by atoms with Crippen LogP contribution in [0.5, 0.6) is 11.5 Å².